The van der Waals surface area contributed by atoms with Crippen LogP contribution in [0.1, 0.15) is 45.1 Å². The Morgan fingerprint density at radius 2 is 1.68 bits per heavy atom. The summed E-state index contributed by atoms with van der Waals surface area (Å²) in [5.41, 5.74) is 5.31. The predicted molar refractivity (Wildman–Crippen MR) is 104 cm³/mol. The van der Waals surface area contributed by atoms with Crippen molar-refractivity contribution in [1.29, 1.82) is 0 Å². The van der Waals surface area contributed by atoms with Crippen molar-refractivity contribution in [3.8, 4) is 0 Å². The Hall–Kier alpha value is -2.64. The molecule has 1 aliphatic rings. The van der Waals surface area contributed by atoms with Gasteiger partial charge in [-0.05, 0) is 43.4 Å². The molecule has 4 amide bonds. The first-order valence-corrected chi connectivity index (χ1v) is 9.81. The number of hydrogen-bond donors (Lipinski definition) is 3. The van der Waals surface area contributed by atoms with Crippen LogP contribution >= 0.6 is 0 Å². The molecule has 1 aliphatic heterocycles. The van der Waals surface area contributed by atoms with Crippen LogP contribution in [0.15, 0.2) is 24.3 Å². The number of halogens is 1. The number of hydrazine groups is 1. The lowest BCUT2D eigenvalue weighted by Crippen LogP contribution is -2.53. The standard InChI is InChI=1S/C20H29FN4O3/c1-3-15(4-2)19(27)25-11-9-17(10-12-25)22-20(28)24-23-18(26)13-14-5-7-16(21)8-6-14/h5-8,15,17H,3-4,9-13H2,1-2H3,(H,23,26)(H2,22,24,28). The zero-order valence-corrected chi connectivity index (χ0v) is 16.5. The average molecular weight is 392 g/mol. The Morgan fingerprint density at radius 1 is 1.07 bits per heavy atom. The number of carbonyl (C=O) groups is 3. The number of piperidine rings is 1. The van der Waals surface area contributed by atoms with E-state index >= 15 is 0 Å². The maximum atomic E-state index is 12.9. The predicted octanol–water partition coefficient (Wildman–Crippen LogP) is 2.13. The van der Waals surface area contributed by atoms with Crippen molar-refractivity contribution in [3.05, 3.63) is 35.6 Å². The molecule has 7 nitrogen and oxygen atoms in total. The van der Waals surface area contributed by atoms with Crippen molar-refractivity contribution < 1.29 is 18.8 Å². The molecule has 0 atom stereocenters. The van der Waals surface area contributed by atoms with Crippen LogP contribution in [0.25, 0.3) is 0 Å². The van der Waals surface area contributed by atoms with Crippen molar-refractivity contribution in [2.75, 3.05) is 13.1 Å². The first-order valence-electron chi connectivity index (χ1n) is 9.81. The van der Waals surface area contributed by atoms with Crippen molar-refractivity contribution >= 4 is 17.8 Å². The number of nitrogens with one attached hydrogen (secondary N) is 3. The fourth-order valence-electron chi connectivity index (χ4n) is 3.32. The Labute approximate surface area is 165 Å². The molecule has 1 saturated heterocycles. The van der Waals surface area contributed by atoms with Gasteiger partial charge < -0.3 is 10.2 Å². The number of carbonyl (C=O) groups excluding carboxylic acids is 3. The molecule has 8 heteroatoms. The van der Waals surface area contributed by atoms with E-state index in [1.54, 1.807) is 0 Å². The van der Waals surface area contributed by atoms with Crippen molar-refractivity contribution in [2.24, 2.45) is 5.92 Å². The molecule has 1 aromatic carbocycles. The monoisotopic (exact) mass is 392 g/mol. The summed E-state index contributed by atoms with van der Waals surface area (Å²) in [4.78, 5) is 38.1. The van der Waals surface area contributed by atoms with Gasteiger partial charge in [-0.2, -0.15) is 0 Å². The maximum Gasteiger partial charge on any atom is 0.333 e. The maximum absolute atomic E-state index is 12.9. The molecular weight excluding hydrogens is 363 g/mol. The molecule has 1 heterocycles. The van der Waals surface area contributed by atoms with Gasteiger partial charge in [0.05, 0.1) is 6.42 Å². The lowest BCUT2D eigenvalue weighted by Gasteiger charge is -2.34. The van der Waals surface area contributed by atoms with Gasteiger partial charge in [-0.3, -0.25) is 15.0 Å². The molecule has 0 radical (unpaired) electrons. The van der Waals surface area contributed by atoms with Crippen molar-refractivity contribution in [3.63, 3.8) is 0 Å². The zero-order valence-electron chi connectivity index (χ0n) is 16.5. The molecule has 0 saturated carbocycles. The van der Waals surface area contributed by atoms with E-state index < -0.39 is 11.9 Å². The molecule has 28 heavy (non-hydrogen) atoms. The van der Waals surface area contributed by atoms with E-state index in [4.69, 9.17) is 0 Å². The summed E-state index contributed by atoms with van der Waals surface area (Å²) < 4.78 is 12.9. The van der Waals surface area contributed by atoms with Gasteiger partial charge >= 0.3 is 6.03 Å². The molecule has 3 N–H and O–H groups in total. The van der Waals surface area contributed by atoms with Gasteiger partial charge in [-0.25, -0.2) is 14.6 Å². The van der Waals surface area contributed by atoms with E-state index in [2.05, 4.69) is 16.2 Å². The third-order valence-corrected chi connectivity index (χ3v) is 5.07. The van der Waals surface area contributed by atoms with Gasteiger partial charge in [0.1, 0.15) is 5.82 Å². The van der Waals surface area contributed by atoms with E-state index in [9.17, 15) is 18.8 Å². The van der Waals surface area contributed by atoms with E-state index in [-0.39, 0.29) is 30.1 Å². The zero-order chi connectivity index (χ0) is 20.5. The SMILES string of the molecule is CCC(CC)C(=O)N1CCC(NC(=O)NNC(=O)Cc2ccc(F)cc2)CC1. The second-order valence-electron chi connectivity index (χ2n) is 7.06. The third-order valence-electron chi connectivity index (χ3n) is 5.07. The fourth-order valence-corrected chi connectivity index (χ4v) is 3.32. The molecule has 0 aliphatic carbocycles. The second-order valence-corrected chi connectivity index (χ2v) is 7.06. The number of rotatable bonds is 6. The van der Waals surface area contributed by atoms with Crippen LogP contribution in [0.3, 0.4) is 0 Å². The van der Waals surface area contributed by atoms with E-state index in [1.165, 1.54) is 24.3 Å². The Bertz CT molecular complexity index is 669. The topological polar surface area (TPSA) is 90.5 Å². The molecule has 1 fully saturated rings. The minimum absolute atomic E-state index is 0.0388. The number of benzene rings is 1. The molecule has 1 aromatic rings. The number of amides is 4. The highest BCUT2D eigenvalue weighted by Crippen LogP contribution is 2.17. The fraction of sp³-hybridized carbons (Fsp3) is 0.550. The number of likely N-dealkylation sites (tertiary alicyclic amines) is 1. The largest absolute Gasteiger partial charge is 0.342 e. The molecule has 0 unspecified atom stereocenters. The summed E-state index contributed by atoms with van der Waals surface area (Å²) in [5, 5.41) is 2.81. The van der Waals surface area contributed by atoms with E-state index in [1.807, 2.05) is 18.7 Å². The van der Waals surface area contributed by atoms with Crippen LogP contribution < -0.4 is 16.2 Å². The summed E-state index contributed by atoms with van der Waals surface area (Å²) in [5.74, 6) is -0.494. The van der Waals surface area contributed by atoms with Crippen LogP contribution in [-0.2, 0) is 16.0 Å². The second kappa shape index (κ2) is 10.6. The van der Waals surface area contributed by atoms with Gasteiger partial charge in [0, 0.05) is 25.0 Å². The highest BCUT2D eigenvalue weighted by Gasteiger charge is 2.27. The van der Waals surface area contributed by atoms with E-state index in [0.29, 0.717) is 31.5 Å². The van der Waals surface area contributed by atoms with Gasteiger partial charge in [-0.15, -0.1) is 0 Å². The smallest absolute Gasteiger partial charge is 0.333 e. The summed E-state index contributed by atoms with van der Waals surface area (Å²) in [6, 6.07) is 5.07. The quantitative estimate of drug-likeness (QED) is 0.648. The number of hydrogen-bond acceptors (Lipinski definition) is 3. The highest BCUT2D eigenvalue weighted by molar-refractivity contribution is 5.82. The molecule has 0 spiro atoms. The molecule has 154 valence electrons. The average Bonchev–Trinajstić information content (AvgIpc) is 2.69. The summed E-state index contributed by atoms with van der Waals surface area (Å²) in [7, 11) is 0. The summed E-state index contributed by atoms with van der Waals surface area (Å²) in [6.07, 6.45) is 3.09. The van der Waals surface area contributed by atoms with Gasteiger partial charge in [-0.1, -0.05) is 26.0 Å². The van der Waals surface area contributed by atoms with Crippen LogP contribution in [0.5, 0.6) is 0 Å². The Balaban J connectivity index is 1.67. The van der Waals surface area contributed by atoms with Crippen LogP contribution in [-0.4, -0.2) is 41.9 Å². The molecule has 2 rings (SSSR count). The molecule has 0 bridgehead atoms. The van der Waals surface area contributed by atoms with Gasteiger partial charge in [0.2, 0.25) is 11.8 Å². The summed E-state index contributed by atoms with van der Waals surface area (Å²) >= 11 is 0. The van der Waals surface area contributed by atoms with Crippen molar-refractivity contribution in [2.45, 2.75) is 52.0 Å². The number of nitrogens with zero attached hydrogens (tertiary/aromatic N) is 1. The summed E-state index contributed by atoms with van der Waals surface area (Å²) in [6.45, 7) is 5.29. The van der Waals surface area contributed by atoms with Crippen LogP contribution in [0.4, 0.5) is 9.18 Å². The minimum Gasteiger partial charge on any atom is -0.342 e. The lowest BCUT2D eigenvalue weighted by molar-refractivity contribution is -0.136. The minimum atomic E-state index is -0.489. The van der Waals surface area contributed by atoms with Crippen LogP contribution in [0, 0.1) is 11.7 Å². The normalized spacial score (nSPS) is 14.6. The molecular formula is C20H29FN4O3. The first kappa shape index (κ1) is 21.7. The molecule has 0 aromatic heterocycles. The lowest BCUT2D eigenvalue weighted by atomic mass is 9.98. The highest BCUT2D eigenvalue weighted by atomic mass is 19.1. The van der Waals surface area contributed by atoms with E-state index in [0.717, 1.165) is 12.8 Å². The van der Waals surface area contributed by atoms with Gasteiger partial charge in [0.15, 0.2) is 0 Å². The first-order chi connectivity index (χ1) is 13.4. The third kappa shape index (κ3) is 6.51. The Kier molecular flexibility index (Phi) is 8.22. The van der Waals surface area contributed by atoms with Gasteiger partial charge in [0.25, 0.3) is 0 Å². The number of urea groups is 1. The van der Waals surface area contributed by atoms with Crippen LogP contribution in [0.2, 0.25) is 0 Å². The van der Waals surface area contributed by atoms with Crippen molar-refractivity contribution in [1.82, 2.24) is 21.1 Å². The Morgan fingerprint density at radius 3 is 2.25 bits per heavy atom.